The van der Waals surface area contributed by atoms with E-state index in [1.54, 1.807) is 24.3 Å². The third kappa shape index (κ3) is 5.20. The Balaban J connectivity index is 0.000000444. The summed E-state index contributed by atoms with van der Waals surface area (Å²) >= 11 is 4.19. The number of hydrogen-bond acceptors (Lipinski definition) is 3. The molecule has 2 aromatic rings. The van der Waals surface area contributed by atoms with E-state index in [1.165, 1.54) is 0 Å². The Labute approximate surface area is 121 Å². The van der Waals surface area contributed by atoms with Crippen molar-refractivity contribution < 1.29 is 20.1 Å². The summed E-state index contributed by atoms with van der Waals surface area (Å²) in [4.78, 5) is 8.77. The predicted octanol–water partition coefficient (Wildman–Crippen LogP) is 4.15. The van der Waals surface area contributed by atoms with Gasteiger partial charge in [-0.2, -0.15) is 0 Å². The summed E-state index contributed by atoms with van der Waals surface area (Å²) in [6.45, 7) is 2.10. The summed E-state index contributed by atoms with van der Waals surface area (Å²) in [6, 6.07) is 14.4. The second kappa shape index (κ2) is 7.40. The number of rotatable bonds is 2. The summed E-state index contributed by atoms with van der Waals surface area (Å²) in [6.07, 6.45) is 0. The highest BCUT2D eigenvalue weighted by atomic mass is 35.5. The van der Waals surface area contributed by atoms with Gasteiger partial charge in [0.05, 0.1) is 0 Å². The normalized spacial score (nSPS) is 9.75. The van der Waals surface area contributed by atoms with Gasteiger partial charge in [-0.05, 0) is 35.4 Å². The number of halogens is 1. The quantitative estimate of drug-likeness (QED) is 0.727. The van der Waals surface area contributed by atoms with E-state index in [1.807, 2.05) is 24.3 Å². The number of benzene rings is 2. The molecule has 0 aromatic heterocycles. The Hall–Kier alpha value is -2.20. The maximum atomic E-state index is 9.21. The van der Waals surface area contributed by atoms with Crippen LogP contribution < -0.4 is 0 Å². The van der Waals surface area contributed by atoms with Gasteiger partial charge in [-0.3, -0.25) is 0 Å². The van der Waals surface area contributed by atoms with Crippen LogP contribution in [0.1, 0.15) is 24.0 Å². The molecule has 2 rings (SSSR count). The zero-order chi connectivity index (χ0) is 15.1. The molecule has 0 bridgehead atoms. The van der Waals surface area contributed by atoms with Crippen LogP contribution in [0.2, 0.25) is 0 Å². The second-order valence-electron chi connectivity index (χ2n) is 4.16. The molecule has 0 aliphatic heterocycles. The lowest BCUT2D eigenvalue weighted by Gasteiger charge is -2.12. The summed E-state index contributed by atoms with van der Waals surface area (Å²) in [7, 11) is 0. The van der Waals surface area contributed by atoms with Crippen molar-refractivity contribution in [2.24, 2.45) is 0 Å². The minimum Gasteiger partial charge on any atom is -0.508 e. The molecule has 0 radical (unpaired) electrons. The maximum absolute atomic E-state index is 9.21. The third-order valence-electron chi connectivity index (χ3n) is 2.79. The molecule has 0 heterocycles. The highest BCUT2D eigenvalue weighted by molar-refractivity contribution is 6.60. The van der Waals surface area contributed by atoms with E-state index >= 15 is 0 Å². The van der Waals surface area contributed by atoms with Crippen LogP contribution in [0.3, 0.4) is 0 Å². The van der Waals surface area contributed by atoms with Crippen LogP contribution in [0.25, 0.3) is 0 Å². The fourth-order valence-electron chi connectivity index (χ4n) is 1.72. The Morgan fingerprint density at radius 2 is 1.15 bits per heavy atom. The van der Waals surface area contributed by atoms with Crippen molar-refractivity contribution in [3.63, 3.8) is 0 Å². The lowest BCUT2D eigenvalue weighted by atomic mass is 9.93. The van der Waals surface area contributed by atoms with E-state index in [0.29, 0.717) is 0 Å². The Morgan fingerprint density at radius 1 is 0.900 bits per heavy atom. The molecule has 2 aromatic carbocycles. The highest BCUT2D eigenvalue weighted by Crippen LogP contribution is 2.26. The first-order chi connectivity index (χ1) is 9.40. The largest absolute Gasteiger partial charge is 0.508 e. The van der Waals surface area contributed by atoms with Gasteiger partial charge in [0.15, 0.2) is 0 Å². The minimum atomic E-state index is -1.36. The van der Waals surface area contributed by atoms with Crippen LogP contribution in [0.5, 0.6) is 11.5 Å². The van der Waals surface area contributed by atoms with E-state index in [9.17, 15) is 10.2 Å². The number of hydrogen-bond donors (Lipinski definition) is 3. The third-order valence-corrected chi connectivity index (χ3v) is 2.79. The summed E-state index contributed by atoms with van der Waals surface area (Å²) < 4.78 is 0. The van der Waals surface area contributed by atoms with Crippen molar-refractivity contribution >= 4 is 17.0 Å². The smallest absolute Gasteiger partial charge is 0.401 e. The average molecular weight is 295 g/mol. The van der Waals surface area contributed by atoms with Gasteiger partial charge in [-0.25, -0.2) is 4.79 Å². The van der Waals surface area contributed by atoms with Gasteiger partial charge in [0.25, 0.3) is 0 Å². The first-order valence-corrected chi connectivity index (χ1v) is 6.24. The van der Waals surface area contributed by atoms with Crippen LogP contribution in [0.4, 0.5) is 4.79 Å². The highest BCUT2D eigenvalue weighted by Gasteiger charge is 2.07. The number of carboxylic acid groups (broad SMARTS) is 1. The summed E-state index contributed by atoms with van der Waals surface area (Å²) in [5, 5.41) is 25.6. The van der Waals surface area contributed by atoms with Gasteiger partial charge in [-0.1, -0.05) is 31.2 Å². The second-order valence-corrected chi connectivity index (χ2v) is 4.48. The molecular formula is C15H15ClO4. The molecule has 0 atom stereocenters. The van der Waals surface area contributed by atoms with Gasteiger partial charge in [0.2, 0.25) is 0 Å². The van der Waals surface area contributed by atoms with Crippen LogP contribution in [0, 0.1) is 0 Å². The van der Waals surface area contributed by atoms with E-state index in [-0.39, 0.29) is 17.4 Å². The van der Waals surface area contributed by atoms with Crippen molar-refractivity contribution in [3.8, 4) is 11.5 Å². The molecule has 5 heteroatoms. The van der Waals surface area contributed by atoms with Crippen LogP contribution >= 0.6 is 11.6 Å². The summed E-state index contributed by atoms with van der Waals surface area (Å²) in [5.74, 6) is 0.810. The minimum absolute atomic E-state index is 0.251. The molecule has 0 spiro atoms. The first kappa shape index (κ1) is 15.9. The molecule has 4 nitrogen and oxygen atoms in total. The number of aromatic hydroxyl groups is 2. The number of phenolic OH excluding ortho intramolecular Hbond substituents is 2. The van der Waals surface area contributed by atoms with Crippen molar-refractivity contribution in [2.75, 3.05) is 0 Å². The van der Waals surface area contributed by atoms with Gasteiger partial charge < -0.3 is 15.3 Å². The molecule has 0 unspecified atom stereocenters. The Morgan fingerprint density at radius 3 is 1.40 bits per heavy atom. The topological polar surface area (TPSA) is 77.8 Å². The Kier molecular flexibility index (Phi) is 5.87. The van der Waals surface area contributed by atoms with Gasteiger partial charge in [0.1, 0.15) is 11.5 Å². The standard InChI is InChI=1S/C14H14O2.CHClO2/c1-10(11-2-6-13(15)7-3-11)12-4-8-14(16)9-5-12;2-1(3)4/h2-10,15-16H,1H3;(H,3,4). The van der Waals surface area contributed by atoms with Gasteiger partial charge >= 0.3 is 5.43 Å². The zero-order valence-electron chi connectivity index (χ0n) is 10.8. The SMILES string of the molecule is CC(c1ccc(O)cc1)c1ccc(O)cc1.O=C(O)Cl. The Bertz CT molecular complexity index is 500. The van der Waals surface area contributed by atoms with Crippen LogP contribution in [-0.4, -0.2) is 20.7 Å². The van der Waals surface area contributed by atoms with E-state index in [2.05, 4.69) is 18.5 Å². The molecule has 3 N–H and O–H groups in total. The molecule has 20 heavy (non-hydrogen) atoms. The van der Waals surface area contributed by atoms with Crippen molar-refractivity contribution in [1.82, 2.24) is 0 Å². The molecule has 0 saturated heterocycles. The van der Waals surface area contributed by atoms with Crippen LogP contribution in [-0.2, 0) is 0 Å². The van der Waals surface area contributed by atoms with Crippen molar-refractivity contribution in [2.45, 2.75) is 12.8 Å². The zero-order valence-corrected chi connectivity index (χ0v) is 11.6. The number of carbonyl (C=O) groups is 1. The molecule has 0 amide bonds. The van der Waals surface area contributed by atoms with Crippen LogP contribution in [0.15, 0.2) is 48.5 Å². The van der Waals surface area contributed by atoms with Gasteiger partial charge in [-0.15, -0.1) is 0 Å². The lowest BCUT2D eigenvalue weighted by Crippen LogP contribution is -1.94. The molecule has 0 saturated carbocycles. The number of phenols is 2. The molecule has 0 fully saturated rings. The van der Waals surface area contributed by atoms with E-state index in [0.717, 1.165) is 11.1 Å². The fraction of sp³-hybridized carbons (Fsp3) is 0.133. The van der Waals surface area contributed by atoms with Gasteiger partial charge in [0, 0.05) is 17.5 Å². The van der Waals surface area contributed by atoms with Crippen molar-refractivity contribution in [1.29, 1.82) is 0 Å². The molecule has 0 aliphatic carbocycles. The summed E-state index contributed by atoms with van der Waals surface area (Å²) in [5.41, 5.74) is 0.923. The first-order valence-electron chi connectivity index (χ1n) is 5.86. The maximum Gasteiger partial charge on any atom is 0.401 e. The fourth-order valence-corrected chi connectivity index (χ4v) is 1.72. The van der Waals surface area contributed by atoms with Crippen molar-refractivity contribution in [3.05, 3.63) is 59.7 Å². The van der Waals surface area contributed by atoms with E-state index < -0.39 is 5.43 Å². The van der Waals surface area contributed by atoms with E-state index in [4.69, 9.17) is 9.90 Å². The molecular weight excluding hydrogens is 280 g/mol. The average Bonchev–Trinajstić information content (AvgIpc) is 2.39. The monoisotopic (exact) mass is 294 g/mol. The molecule has 0 aliphatic rings. The predicted molar refractivity (Wildman–Crippen MR) is 77.6 cm³/mol. The lowest BCUT2D eigenvalue weighted by molar-refractivity contribution is 0.220. The molecule has 106 valence electrons.